The Kier molecular flexibility index (Phi) is 6.00. The van der Waals surface area contributed by atoms with Crippen molar-refractivity contribution in [3.8, 4) is 0 Å². The van der Waals surface area contributed by atoms with Gasteiger partial charge in [0.05, 0.1) is 16.9 Å². The number of nitrogens with zero attached hydrogens (tertiary/aromatic N) is 3. The van der Waals surface area contributed by atoms with Crippen molar-refractivity contribution in [3.05, 3.63) is 24.0 Å². The number of hydrogen-bond donors (Lipinski definition) is 0. The van der Waals surface area contributed by atoms with Crippen LogP contribution in [0.4, 0.5) is 4.79 Å². The van der Waals surface area contributed by atoms with E-state index in [0.29, 0.717) is 13.1 Å². The van der Waals surface area contributed by atoms with Crippen LogP contribution in [0.1, 0.15) is 54.2 Å². The van der Waals surface area contributed by atoms with Crippen molar-refractivity contribution in [2.24, 2.45) is 0 Å². The maximum absolute atomic E-state index is 12.2. The van der Waals surface area contributed by atoms with Crippen LogP contribution in [0, 0.1) is 0 Å². The van der Waals surface area contributed by atoms with E-state index in [9.17, 15) is 4.79 Å². The third kappa shape index (κ3) is 5.30. The summed E-state index contributed by atoms with van der Waals surface area (Å²) in [4.78, 5) is 20.9. The van der Waals surface area contributed by atoms with Crippen molar-refractivity contribution in [3.63, 3.8) is 0 Å². The molecule has 0 bridgehead atoms. The highest BCUT2D eigenvalue weighted by atomic mass is 16.7. The van der Waals surface area contributed by atoms with Crippen molar-refractivity contribution in [1.82, 2.24) is 14.8 Å². The second-order valence-corrected chi connectivity index (χ2v) is 9.91. The van der Waals surface area contributed by atoms with Gasteiger partial charge in [-0.1, -0.05) is 6.07 Å². The molecule has 0 saturated carbocycles. The highest BCUT2D eigenvalue weighted by Gasteiger charge is 2.51. The molecule has 3 rings (SSSR count). The van der Waals surface area contributed by atoms with Gasteiger partial charge in [0.25, 0.3) is 0 Å². The van der Waals surface area contributed by atoms with Gasteiger partial charge in [-0.25, -0.2) is 4.79 Å². The average molecular weight is 403 g/mol. The van der Waals surface area contributed by atoms with Gasteiger partial charge in [0, 0.05) is 44.4 Å². The van der Waals surface area contributed by atoms with E-state index in [0.717, 1.165) is 30.8 Å². The van der Waals surface area contributed by atoms with E-state index in [-0.39, 0.29) is 24.4 Å². The largest absolute Gasteiger partial charge is 0.496 e. The van der Waals surface area contributed by atoms with Crippen LogP contribution >= 0.6 is 0 Å². The van der Waals surface area contributed by atoms with Crippen LogP contribution in [-0.2, 0) is 20.6 Å². The zero-order chi connectivity index (χ0) is 21.4. The fourth-order valence-electron chi connectivity index (χ4n) is 3.29. The Hall–Kier alpha value is -1.64. The SMILES string of the molecule is CC(C)(C)OC(=O)N1CCN(Cc2ccc(B3OC(C)(C)C(C)(C)O3)cn2)CC1. The molecular weight excluding hydrogens is 369 g/mol. The minimum Gasteiger partial charge on any atom is -0.444 e. The first-order valence-corrected chi connectivity index (χ1v) is 10.4. The van der Waals surface area contributed by atoms with Gasteiger partial charge >= 0.3 is 13.2 Å². The summed E-state index contributed by atoms with van der Waals surface area (Å²) >= 11 is 0. The van der Waals surface area contributed by atoms with Crippen LogP contribution in [0.2, 0.25) is 0 Å². The zero-order valence-corrected chi connectivity index (χ0v) is 18.8. The number of carbonyl (C=O) groups is 1. The van der Waals surface area contributed by atoms with Gasteiger partial charge in [0.2, 0.25) is 0 Å². The molecule has 0 radical (unpaired) electrons. The number of rotatable bonds is 3. The second-order valence-electron chi connectivity index (χ2n) is 9.91. The molecule has 8 heteroatoms. The molecule has 1 aromatic heterocycles. The number of hydrogen-bond acceptors (Lipinski definition) is 6. The van der Waals surface area contributed by atoms with Crippen molar-refractivity contribution in [1.29, 1.82) is 0 Å². The Morgan fingerprint density at radius 3 is 2.17 bits per heavy atom. The van der Waals surface area contributed by atoms with Gasteiger partial charge in [-0.15, -0.1) is 0 Å². The van der Waals surface area contributed by atoms with E-state index in [1.54, 1.807) is 4.90 Å². The maximum Gasteiger partial charge on any atom is 0.496 e. The minimum absolute atomic E-state index is 0.234. The first-order valence-electron chi connectivity index (χ1n) is 10.4. The van der Waals surface area contributed by atoms with Gasteiger partial charge in [0.1, 0.15) is 5.60 Å². The first kappa shape index (κ1) is 22.1. The average Bonchev–Trinajstić information content (AvgIpc) is 2.82. The summed E-state index contributed by atoms with van der Waals surface area (Å²) in [6.45, 7) is 17.6. The first-order chi connectivity index (χ1) is 13.4. The summed E-state index contributed by atoms with van der Waals surface area (Å²) < 4.78 is 17.6. The highest BCUT2D eigenvalue weighted by Crippen LogP contribution is 2.36. The summed E-state index contributed by atoms with van der Waals surface area (Å²) in [5.74, 6) is 0. The van der Waals surface area contributed by atoms with E-state index in [4.69, 9.17) is 14.0 Å². The number of carbonyl (C=O) groups excluding carboxylic acids is 1. The number of ether oxygens (including phenoxy) is 1. The molecule has 1 aromatic rings. The Bertz CT molecular complexity index is 706. The van der Waals surface area contributed by atoms with Gasteiger partial charge in [0.15, 0.2) is 0 Å². The van der Waals surface area contributed by atoms with E-state index in [1.165, 1.54) is 0 Å². The molecule has 2 fully saturated rings. The Morgan fingerprint density at radius 2 is 1.69 bits per heavy atom. The number of aromatic nitrogens is 1. The maximum atomic E-state index is 12.2. The lowest BCUT2D eigenvalue weighted by molar-refractivity contribution is 0.00578. The van der Waals surface area contributed by atoms with Crippen LogP contribution in [0.5, 0.6) is 0 Å². The lowest BCUT2D eigenvalue weighted by atomic mass is 9.80. The zero-order valence-electron chi connectivity index (χ0n) is 18.8. The molecule has 0 atom stereocenters. The lowest BCUT2D eigenvalue weighted by Gasteiger charge is -2.35. The highest BCUT2D eigenvalue weighted by molar-refractivity contribution is 6.62. The van der Waals surface area contributed by atoms with E-state index in [2.05, 4.69) is 9.88 Å². The van der Waals surface area contributed by atoms with Crippen LogP contribution in [0.15, 0.2) is 18.3 Å². The summed E-state index contributed by atoms with van der Waals surface area (Å²) in [6, 6.07) is 4.06. The molecule has 29 heavy (non-hydrogen) atoms. The Balaban J connectivity index is 1.51. The van der Waals surface area contributed by atoms with Crippen molar-refractivity contribution < 1.29 is 18.8 Å². The molecule has 2 aliphatic heterocycles. The van der Waals surface area contributed by atoms with Gasteiger partial charge in [-0.05, 0) is 54.5 Å². The molecule has 0 spiro atoms. The quantitative estimate of drug-likeness (QED) is 0.723. The predicted octanol–water partition coefficient (Wildman–Crippen LogP) is 2.43. The van der Waals surface area contributed by atoms with Gasteiger partial charge < -0.3 is 18.9 Å². The predicted molar refractivity (Wildman–Crippen MR) is 113 cm³/mol. The third-order valence-corrected chi connectivity index (χ3v) is 5.78. The van der Waals surface area contributed by atoms with E-state index in [1.807, 2.05) is 66.8 Å². The smallest absolute Gasteiger partial charge is 0.444 e. The molecule has 0 N–H and O–H groups in total. The Morgan fingerprint density at radius 1 is 1.10 bits per heavy atom. The monoisotopic (exact) mass is 403 g/mol. The normalized spacial score (nSPS) is 22.0. The third-order valence-electron chi connectivity index (χ3n) is 5.78. The van der Waals surface area contributed by atoms with Crippen LogP contribution < -0.4 is 5.46 Å². The van der Waals surface area contributed by atoms with Crippen molar-refractivity contribution >= 4 is 18.7 Å². The molecule has 0 aliphatic carbocycles. The molecule has 2 saturated heterocycles. The molecule has 1 amide bonds. The van der Waals surface area contributed by atoms with E-state index < -0.39 is 5.60 Å². The lowest BCUT2D eigenvalue weighted by Crippen LogP contribution is -2.49. The summed E-state index contributed by atoms with van der Waals surface area (Å²) in [7, 11) is -0.390. The topological polar surface area (TPSA) is 64.1 Å². The van der Waals surface area contributed by atoms with E-state index >= 15 is 0 Å². The molecule has 0 aromatic carbocycles. The molecular formula is C21H34BN3O4. The second kappa shape index (κ2) is 7.89. The molecule has 3 heterocycles. The van der Waals surface area contributed by atoms with Gasteiger partial charge in [-0.3, -0.25) is 9.88 Å². The molecule has 0 unspecified atom stereocenters. The number of amides is 1. The Labute approximate surface area is 174 Å². The van der Waals surface area contributed by atoms with Crippen LogP contribution in [-0.4, -0.2) is 71.0 Å². The number of piperazine rings is 1. The summed E-state index contributed by atoms with van der Waals surface area (Å²) in [5, 5.41) is 0. The summed E-state index contributed by atoms with van der Waals surface area (Å²) in [6.07, 6.45) is 1.61. The minimum atomic E-state index is -0.461. The fraction of sp³-hybridized carbons (Fsp3) is 0.714. The summed E-state index contributed by atoms with van der Waals surface area (Å²) in [5.41, 5.74) is 0.754. The number of pyridine rings is 1. The van der Waals surface area contributed by atoms with Crippen LogP contribution in [0.3, 0.4) is 0 Å². The van der Waals surface area contributed by atoms with Crippen molar-refractivity contribution in [2.45, 2.75) is 71.8 Å². The van der Waals surface area contributed by atoms with Crippen molar-refractivity contribution in [2.75, 3.05) is 26.2 Å². The standard InChI is InChI=1S/C21H34BN3O4/c1-19(2,3)27-18(26)25-12-10-24(11-13-25)15-17-9-8-16(14-23-17)22-28-20(4,5)21(6,7)29-22/h8-9,14H,10-13,15H2,1-7H3. The molecule has 2 aliphatic rings. The van der Waals surface area contributed by atoms with Gasteiger partial charge in [-0.2, -0.15) is 0 Å². The molecule has 160 valence electrons. The molecule has 7 nitrogen and oxygen atoms in total. The van der Waals surface area contributed by atoms with Crippen LogP contribution in [0.25, 0.3) is 0 Å². The fourth-order valence-corrected chi connectivity index (χ4v) is 3.29.